The van der Waals surface area contributed by atoms with Gasteiger partial charge in [-0.2, -0.15) is 0 Å². The van der Waals surface area contributed by atoms with E-state index in [2.05, 4.69) is 10.3 Å². The van der Waals surface area contributed by atoms with Crippen molar-refractivity contribution in [1.82, 2.24) is 15.2 Å². The first-order chi connectivity index (χ1) is 13.5. The van der Waals surface area contributed by atoms with E-state index >= 15 is 0 Å². The van der Waals surface area contributed by atoms with Gasteiger partial charge in [0.15, 0.2) is 5.60 Å². The molecule has 0 radical (unpaired) electrons. The van der Waals surface area contributed by atoms with Crippen LogP contribution in [0.3, 0.4) is 0 Å². The summed E-state index contributed by atoms with van der Waals surface area (Å²) >= 11 is 0. The highest BCUT2D eigenvalue weighted by Gasteiger charge is 2.56. The highest BCUT2D eigenvalue weighted by Crippen LogP contribution is 2.53. The maximum Gasteiger partial charge on any atom is 0.410 e. The molecule has 0 spiro atoms. The third-order valence-electron chi connectivity index (χ3n) is 6.79. The van der Waals surface area contributed by atoms with Gasteiger partial charge in [-0.05, 0) is 55.1 Å². The van der Waals surface area contributed by atoms with E-state index in [1.807, 2.05) is 30.2 Å². The molecule has 150 valence electrons. The average Bonchev–Trinajstić information content (AvgIpc) is 3.56. The highest BCUT2D eigenvalue weighted by atomic mass is 16.6. The number of carbonyl (C=O) groups excluding carboxylic acids is 2. The van der Waals surface area contributed by atoms with Gasteiger partial charge in [0, 0.05) is 37.9 Å². The van der Waals surface area contributed by atoms with Gasteiger partial charge in [0.25, 0.3) is 0 Å². The Balaban J connectivity index is 0.999. The van der Waals surface area contributed by atoms with E-state index in [0.717, 1.165) is 38.0 Å². The Morgan fingerprint density at radius 2 is 2.14 bits per heavy atom. The summed E-state index contributed by atoms with van der Waals surface area (Å²) in [4.78, 5) is 30.5. The molecule has 2 saturated heterocycles. The molecule has 2 aliphatic carbocycles. The van der Waals surface area contributed by atoms with E-state index in [1.54, 1.807) is 6.20 Å². The Morgan fingerprint density at radius 1 is 1.36 bits per heavy atom. The number of nitrogens with one attached hydrogen (secondary N) is 1. The van der Waals surface area contributed by atoms with Crippen molar-refractivity contribution in [3.8, 4) is 0 Å². The number of ether oxygens (including phenoxy) is 2. The van der Waals surface area contributed by atoms with Crippen LogP contribution in [0.2, 0.25) is 0 Å². The molecule has 1 unspecified atom stereocenters. The summed E-state index contributed by atoms with van der Waals surface area (Å²) in [7, 11) is 0. The van der Waals surface area contributed by atoms with Crippen LogP contribution < -0.4 is 5.32 Å². The minimum atomic E-state index is -0.440. The maximum atomic E-state index is 12.3. The summed E-state index contributed by atoms with van der Waals surface area (Å²) < 4.78 is 10.7. The molecule has 0 aromatic carbocycles. The second-order valence-electron chi connectivity index (χ2n) is 9.02. The van der Waals surface area contributed by atoms with Crippen molar-refractivity contribution >= 4 is 12.0 Å². The molecule has 2 aliphatic heterocycles. The molecule has 5 rings (SSSR count). The number of nitrogens with zero attached hydrogens (tertiary/aromatic N) is 2. The number of piperidine rings is 1. The predicted octanol–water partition coefficient (Wildman–Crippen LogP) is 1.79. The highest BCUT2D eigenvalue weighted by molar-refractivity contribution is 5.82. The topological polar surface area (TPSA) is 80.8 Å². The number of carbonyl (C=O) groups is 2. The first-order valence-corrected chi connectivity index (χ1v) is 10.3. The van der Waals surface area contributed by atoms with Gasteiger partial charge in [-0.25, -0.2) is 4.79 Å². The van der Waals surface area contributed by atoms with Crippen LogP contribution >= 0.6 is 0 Å². The number of amides is 2. The molecule has 1 aromatic heterocycles. The molecule has 3 heterocycles. The Labute approximate surface area is 164 Å². The van der Waals surface area contributed by atoms with Crippen LogP contribution in [0.5, 0.6) is 0 Å². The van der Waals surface area contributed by atoms with Crippen molar-refractivity contribution in [2.45, 2.75) is 31.3 Å². The SMILES string of the molecule is CC1(OC(=O)N2C[C@@H]3C(CCNC(=O)[C@@H]4C[C@H]4c4cccnc4)[C@@H]3C2)COC1. The predicted molar refractivity (Wildman–Crippen MR) is 100 cm³/mol. The molecule has 7 heteroatoms. The molecule has 4 fully saturated rings. The second-order valence-corrected chi connectivity index (χ2v) is 9.02. The van der Waals surface area contributed by atoms with E-state index in [4.69, 9.17) is 9.47 Å². The zero-order valence-corrected chi connectivity index (χ0v) is 16.2. The summed E-state index contributed by atoms with van der Waals surface area (Å²) in [5.41, 5.74) is 0.720. The van der Waals surface area contributed by atoms with Gasteiger partial charge < -0.3 is 19.7 Å². The Morgan fingerprint density at radius 3 is 2.79 bits per heavy atom. The number of aromatic nitrogens is 1. The van der Waals surface area contributed by atoms with Crippen LogP contribution in [0.4, 0.5) is 4.79 Å². The second kappa shape index (κ2) is 6.72. The number of fused-ring (bicyclic) bond motifs is 1. The van der Waals surface area contributed by atoms with Crippen molar-refractivity contribution in [2.24, 2.45) is 23.7 Å². The van der Waals surface area contributed by atoms with E-state index in [0.29, 0.717) is 36.9 Å². The Hall–Kier alpha value is -2.15. The number of hydrogen-bond acceptors (Lipinski definition) is 5. The van der Waals surface area contributed by atoms with Crippen molar-refractivity contribution in [1.29, 1.82) is 0 Å². The molecule has 2 amide bonds. The van der Waals surface area contributed by atoms with E-state index in [9.17, 15) is 9.59 Å². The summed E-state index contributed by atoms with van der Waals surface area (Å²) in [6, 6.07) is 3.97. The minimum absolute atomic E-state index is 0.102. The van der Waals surface area contributed by atoms with E-state index in [1.165, 1.54) is 0 Å². The molecule has 1 N–H and O–H groups in total. The smallest absolute Gasteiger partial charge is 0.410 e. The summed E-state index contributed by atoms with van der Waals surface area (Å²) in [5.74, 6) is 2.36. The summed E-state index contributed by atoms with van der Waals surface area (Å²) in [6.45, 7) is 5.19. The minimum Gasteiger partial charge on any atom is -0.438 e. The normalized spacial score (nSPS) is 34.2. The van der Waals surface area contributed by atoms with Gasteiger partial charge in [-0.3, -0.25) is 9.78 Å². The van der Waals surface area contributed by atoms with Gasteiger partial charge in [-0.15, -0.1) is 0 Å². The lowest BCUT2D eigenvalue weighted by Crippen LogP contribution is -2.52. The van der Waals surface area contributed by atoms with Gasteiger partial charge in [0.2, 0.25) is 5.91 Å². The molecule has 4 aliphatic rings. The van der Waals surface area contributed by atoms with Crippen molar-refractivity contribution in [3.63, 3.8) is 0 Å². The van der Waals surface area contributed by atoms with Crippen LogP contribution in [0.1, 0.15) is 31.2 Å². The third kappa shape index (κ3) is 3.36. The number of likely N-dealkylation sites (tertiary alicyclic amines) is 1. The standard InChI is InChI=1S/C21H27N3O4/c1-21(11-27-12-21)28-20(26)24-9-17-14(18(17)10-24)4-6-23-19(25)16-7-15(16)13-3-2-5-22-8-13/h2-3,5,8,14-18H,4,6-7,9-12H2,1H3,(H,23,25)/t14?,15-,16+,17-,18+/m0/s1. The van der Waals surface area contributed by atoms with E-state index < -0.39 is 5.60 Å². The Kier molecular flexibility index (Phi) is 4.30. The van der Waals surface area contributed by atoms with Gasteiger partial charge in [0.05, 0.1) is 13.2 Å². The first-order valence-electron chi connectivity index (χ1n) is 10.3. The maximum absolute atomic E-state index is 12.3. The van der Waals surface area contributed by atoms with E-state index in [-0.39, 0.29) is 17.9 Å². The molecule has 1 aromatic rings. The number of rotatable bonds is 6. The Bertz CT molecular complexity index is 754. The fourth-order valence-electron chi connectivity index (χ4n) is 4.89. The van der Waals surface area contributed by atoms with Gasteiger partial charge in [0.1, 0.15) is 0 Å². The van der Waals surface area contributed by atoms with Crippen LogP contribution in [0.15, 0.2) is 24.5 Å². The fraction of sp³-hybridized carbons (Fsp3) is 0.667. The third-order valence-corrected chi connectivity index (χ3v) is 6.79. The first kappa shape index (κ1) is 17.9. The monoisotopic (exact) mass is 385 g/mol. The average molecular weight is 385 g/mol. The van der Waals surface area contributed by atoms with Crippen LogP contribution in [0.25, 0.3) is 0 Å². The van der Waals surface area contributed by atoms with Crippen LogP contribution in [0, 0.1) is 23.7 Å². The zero-order valence-electron chi connectivity index (χ0n) is 16.2. The van der Waals surface area contributed by atoms with Gasteiger partial charge in [-0.1, -0.05) is 6.07 Å². The zero-order chi connectivity index (χ0) is 19.3. The number of hydrogen-bond donors (Lipinski definition) is 1. The molecular formula is C21H27N3O4. The quantitative estimate of drug-likeness (QED) is 0.808. The fourth-order valence-corrected chi connectivity index (χ4v) is 4.89. The van der Waals surface area contributed by atoms with Crippen LogP contribution in [-0.2, 0) is 14.3 Å². The summed E-state index contributed by atoms with van der Waals surface area (Å²) in [6.07, 6.45) is 5.34. The van der Waals surface area contributed by atoms with Crippen molar-refractivity contribution < 1.29 is 19.1 Å². The molecule has 28 heavy (non-hydrogen) atoms. The van der Waals surface area contributed by atoms with Gasteiger partial charge >= 0.3 is 6.09 Å². The lowest BCUT2D eigenvalue weighted by atomic mass is 10.1. The molecular weight excluding hydrogens is 358 g/mol. The lowest BCUT2D eigenvalue weighted by molar-refractivity contribution is -0.171. The number of pyridine rings is 1. The van der Waals surface area contributed by atoms with Crippen molar-refractivity contribution in [2.75, 3.05) is 32.8 Å². The molecule has 0 bridgehead atoms. The summed E-state index contributed by atoms with van der Waals surface area (Å²) in [5, 5.41) is 3.11. The molecule has 2 saturated carbocycles. The van der Waals surface area contributed by atoms with Crippen LogP contribution in [-0.4, -0.2) is 60.3 Å². The van der Waals surface area contributed by atoms with Crippen molar-refractivity contribution in [3.05, 3.63) is 30.1 Å². The molecule has 5 atom stereocenters. The lowest BCUT2D eigenvalue weighted by Gasteiger charge is -2.38. The largest absolute Gasteiger partial charge is 0.438 e. The molecule has 7 nitrogen and oxygen atoms in total.